The van der Waals surface area contributed by atoms with Crippen molar-refractivity contribution in [2.24, 2.45) is 0 Å². The molecule has 1 atom stereocenters. The fourth-order valence-electron chi connectivity index (χ4n) is 2.06. The molecule has 0 radical (unpaired) electrons. The molecule has 0 fully saturated rings. The summed E-state index contributed by atoms with van der Waals surface area (Å²) in [6, 6.07) is 9.09. The van der Waals surface area contributed by atoms with Gasteiger partial charge in [-0.1, -0.05) is 37.3 Å². The molecule has 2 rings (SSSR count). The summed E-state index contributed by atoms with van der Waals surface area (Å²) >= 11 is 0. The summed E-state index contributed by atoms with van der Waals surface area (Å²) in [6.45, 7) is 3.36. The summed E-state index contributed by atoms with van der Waals surface area (Å²) < 4.78 is 0. The maximum absolute atomic E-state index is 12.0. The highest BCUT2D eigenvalue weighted by atomic mass is 16.2. The van der Waals surface area contributed by atoms with Crippen molar-refractivity contribution in [3.05, 3.63) is 42.1 Å². The first-order valence-corrected chi connectivity index (χ1v) is 6.00. The Morgan fingerprint density at radius 1 is 1.33 bits per heavy atom. The highest BCUT2D eigenvalue weighted by Gasteiger charge is 2.30. The van der Waals surface area contributed by atoms with Gasteiger partial charge in [-0.2, -0.15) is 0 Å². The summed E-state index contributed by atoms with van der Waals surface area (Å²) in [7, 11) is 0. The molecule has 0 saturated carbocycles. The first-order valence-electron chi connectivity index (χ1n) is 6.00. The second kappa shape index (κ2) is 5.04. The topological polar surface area (TPSA) is 49.4 Å². The number of nitrogens with one attached hydrogen (secondary N) is 1. The number of carbonyl (C=O) groups is 2. The Hall–Kier alpha value is -2.10. The summed E-state index contributed by atoms with van der Waals surface area (Å²) in [6.07, 6.45) is 2.32. The van der Waals surface area contributed by atoms with Crippen molar-refractivity contribution in [2.45, 2.75) is 26.3 Å². The molecule has 2 amide bonds. The van der Waals surface area contributed by atoms with E-state index in [2.05, 4.69) is 5.32 Å². The number of nitrogens with zero attached hydrogens (tertiary/aromatic N) is 1. The Bertz CT molecular complexity index is 494. The largest absolute Gasteiger partial charge is 0.322 e. The monoisotopic (exact) mass is 244 g/mol. The molecule has 4 nitrogen and oxygen atoms in total. The standard InChI is InChI=1S/C14H16N2O2/c1-3-13-14(18)15-12(9-16(13)10(2)17)11-7-5-4-6-8-11/h4-9,13H,3H2,1-2H3,(H,15,18)/t13-/m0/s1. The Kier molecular flexibility index (Phi) is 3.46. The number of hydrogen-bond donors (Lipinski definition) is 1. The van der Waals surface area contributed by atoms with Crippen LogP contribution in [0.2, 0.25) is 0 Å². The highest BCUT2D eigenvalue weighted by Crippen LogP contribution is 2.20. The van der Waals surface area contributed by atoms with Gasteiger partial charge in [0.2, 0.25) is 11.8 Å². The number of amides is 2. The SMILES string of the molecule is CC[C@H]1C(=O)NC(c2ccccc2)=CN1C(C)=O. The maximum atomic E-state index is 12.0. The second-order valence-corrected chi connectivity index (χ2v) is 4.25. The van der Waals surface area contributed by atoms with Gasteiger partial charge in [0.15, 0.2) is 0 Å². The molecular formula is C14H16N2O2. The molecule has 1 aromatic carbocycles. The molecule has 1 aliphatic heterocycles. The molecule has 0 unspecified atom stereocenters. The molecule has 0 saturated heterocycles. The van der Waals surface area contributed by atoms with Crippen molar-refractivity contribution in [1.29, 1.82) is 0 Å². The smallest absolute Gasteiger partial charge is 0.247 e. The van der Waals surface area contributed by atoms with E-state index in [1.165, 1.54) is 11.8 Å². The molecule has 0 bridgehead atoms. The summed E-state index contributed by atoms with van der Waals surface area (Å²) in [4.78, 5) is 25.1. The molecule has 1 N–H and O–H groups in total. The third-order valence-corrected chi connectivity index (χ3v) is 3.00. The molecule has 1 heterocycles. The predicted molar refractivity (Wildman–Crippen MR) is 69.2 cm³/mol. The number of carbonyl (C=O) groups excluding carboxylic acids is 2. The Morgan fingerprint density at radius 2 is 2.00 bits per heavy atom. The molecule has 0 aliphatic carbocycles. The van der Waals surface area contributed by atoms with E-state index in [9.17, 15) is 9.59 Å². The van der Waals surface area contributed by atoms with Crippen molar-refractivity contribution in [3.63, 3.8) is 0 Å². The molecular weight excluding hydrogens is 228 g/mol. The van der Waals surface area contributed by atoms with E-state index < -0.39 is 6.04 Å². The second-order valence-electron chi connectivity index (χ2n) is 4.25. The zero-order valence-electron chi connectivity index (χ0n) is 10.5. The number of rotatable bonds is 2. The molecule has 4 heteroatoms. The van der Waals surface area contributed by atoms with Gasteiger partial charge < -0.3 is 10.2 Å². The Balaban J connectivity index is 2.38. The molecule has 1 aliphatic rings. The molecule has 1 aromatic rings. The quantitative estimate of drug-likeness (QED) is 0.861. The van der Waals surface area contributed by atoms with Gasteiger partial charge in [-0.15, -0.1) is 0 Å². The average Bonchev–Trinajstić information content (AvgIpc) is 2.38. The van der Waals surface area contributed by atoms with Gasteiger partial charge in [-0.3, -0.25) is 9.59 Å². The van der Waals surface area contributed by atoms with Crippen LogP contribution in [-0.2, 0) is 9.59 Å². The molecule has 0 spiro atoms. The van der Waals surface area contributed by atoms with Crippen LogP contribution < -0.4 is 5.32 Å². The van der Waals surface area contributed by atoms with Gasteiger partial charge in [0.1, 0.15) is 6.04 Å². The van der Waals surface area contributed by atoms with Gasteiger partial charge >= 0.3 is 0 Å². The summed E-state index contributed by atoms with van der Waals surface area (Å²) in [5, 5.41) is 2.85. The minimum atomic E-state index is -0.407. The zero-order chi connectivity index (χ0) is 13.1. The average molecular weight is 244 g/mol. The van der Waals surface area contributed by atoms with Gasteiger partial charge in [0.25, 0.3) is 0 Å². The van der Waals surface area contributed by atoms with E-state index in [0.29, 0.717) is 12.1 Å². The van der Waals surface area contributed by atoms with E-state index in [-0.39, 0.29) is 11.8 Å². The van der Waals surface area contributed by atoms with Crippen LogP contribution in [0.5, 0.6) is 0 Å². The molecule has 0 aromatic heterocycles. The van der Waals surface area contributed by atoms with Crippen molar-refractivity contribution < 1.29 is 9.59 Å². The van der Waals surface area contributed by atoms with Crippen LogP contribution in [0.3, 0.4) is 0 Å². The number of benzene rings is 1. The van der Waals surface area contributed by atoms with Crippen molar-refractivity contribution >= 4 is 17.5 Å². The Morgan fingerprint density at radius 3 is 2.56 bits per heavy atom. The third kappa shape index (κ3) is 2.27. The number of hydrogen-bond acceptors (Lipinski definition) is 2. The maximum Gasteiger partial charge on any atom is 0.247 e. The fraction of sp³-hybridized carbons (Fsp3) is 0.286. The van der Waals surface area contributed by atoms with E-state index in [0.717, 1.165) is 5.56 Å². The van der Waals surface area contributed by atoms with E-state index in [1.54, 1.807) is 6.20 Å². The van der Waals surface area contributed by atoms with Gasteiger partial charge in [-0.05, 0) is 12.0 Å². The van der Waals surface area contributed by atoms with E-state index >= 15 is 0 Å². The first kappa shape index (κ1) is 12.4. The Labute approximate surface area is 106 Å². The van der Waals surface area contributed by atoms with Crippen molar-refractivity contribution in [3.8, 4) is 0 Å². The van der Waals surface area contributed by atoms with Crippen LogP contribution in [0, 0.1) is 0 Å². The van der Waals surface area contributed by atoms with Gasteiger partial charge in [-0.25, -0.2) is 0 Å². The normalized spacial score (nSPS) is 19.2. The first-order chi connectivity index (χ1) is 8.63. The minimum absolute atomic E-state index is 0.120. The summed E-state index contributed by atoms with van der Waals surface area (Å²) in [5.74, 6) is -0.251. The fourth-order valence-corrected chi connectivity index (χ4v) is 2.06. The van der Waals surface area contributed by atoms with Crippen LogP contribution in [0.1, 0.15) is 25.8 Å². The van der Waals surface area contributed by atoms with E-state index in [4.69, 9.17) is 0 Å². The molecule has 94 valence electrons. The van der Waals surface area contributed by atoms with Crippen LogP contribution >= 0.6 is 0 Å². The van der Waals surface area contributed by atoms with E-state index in [1.807, 2.05) is 37.3 Å². The lowest BCUT2D eigenvalue weighted by atomic mass is 10.1. The lowest BCUT2D eigenvalue weighted by Gasteiger charge is -2.32. The van der Waals surface area contributed by atoms with Crippen LogP contribution in [0.15, 0.2) is 36.5 Å². The van der Waals surface area contributed by atoms with Gasteiger partial charge in [0, 0.05) is 13.1 Å². The molecule has 18 heavy (non-hydrogen) atoms. The lowest BCUT2D eigenvalue weighted by Crippen LogP contribution is -2.49. The lowest BCUT2D eigenvalue weighted by molar-refractivity contribution is -0.136. The zero-order valence-corrected chi connectivity index (χ0v) is 10.5. The summed E-state index contributed by atoms with van der Waals surface area (Å²) in [5.41, 5.74) is 1.56. The van der Waals surface area contributed by atoms with Gasteiger partial charge in [0.05, 0.1) is 5.70 Å². The highest BCUT2D eigenvalue weighted by molar-refractivity contribution is 5.96. The van der Waals surface area contributed by atoms with Crippen molar-refractivity contribution in [2.75, 3.05) is 0 Å². The van der Waals surface area contributed by atoms with Crippen LogP contribution in [0.25, 0.3) is 5.70 Å². The van der Waals surface area contributed by atoms with Crippen LogP contribution in [0.4, 0.5) is 0 Å². The van der Waals surface area contributed by atoms with Crippen LogP contribution in [-0.4, -0.2) is 22.8 Å². The third-order valence-electron chi connectivity index (χ3n) is 3.00. The predicted octanol–water partition coefficient (Wildman–Crippen LogP) is 1.74. The minimum Gasteiger partial charge on any atom is -0.322 e. The van der Waals surface area contributed by atoms with Crippen molar-refractivity contribution in [1.82, 2.24) is 10.2 Å².